The van der Waals surface area contributed by atoms with Crippen LogP contribution in [-0.2, 0) is 17.1 Å². The summed E-state index contributed by atoms with van der Waals surface area (Å²) in [6.07, 6.45) is 1.27. The second-order valence-electron chi connectivity index (χ2n) is 3.29. The molecule has 0 aliphatic rings. The van der Waals surface area contributed by atoms with Crippen LogP contribution in [-0.4, -0.2) is 11.5 Å². The van der Waals surface area contributed by atoms with E-state index in [4.69, 9.17) is 0 Å². The van der Waals surface area contributed by atoms with Crippen LogP contribution in [0.1, 0.15) is 6.42 Å². The minimum absolute atomic E-state index is 0. The molecule has 16 heavy (non-hydrogen) atoms. The van der Waals surface area contributed by atoms with E-state index in [0.717, 1.165) is 0 Å². The van der Waals surface area contributed by atoms with Crippen LogP contribution in [0, 0.1) is 0 Å². The summed E-state index contributed by atoms with van der Waals surface area (Å²) in [5.41, 5.74) is 0. The second-order valence-corrected chi connectivity index (χ2v) is 5.63. The van der Waals surface area contributed by atoms with Crippen molar-refractivity contribution in [1.29, 1.82) is 0 Å². The molecule has 0 atom stereocenters. The summed E-state index contributed by atoms with van der Waals surface area (Å²) >= 11 is 3.90. The third kappa shape index (κ3) is 4.84. The molecule has 2 aromatic rings. The van der Waals surface area contributed by atoms with Crippen molar-refractivity contribution in [3.8, 4) is 0 Å². The van der Waals surface area contributed by atoms with Gasteiger partial charge in [-0.25, -0.2) is 24.3 Å². The van der Waals surface area contributed by atoms with Crippen LogP contribution in [0.2, 0.25) is 0 Å². The van der Waals surface area contributed by atoms with Gasteiger partial charge in [-0.05, 0) is 17.9 Å². The molecule has 0 heterocycles. The fourth-order valence-corrected chi connectivity index (χ4v) is 3.27. The molecule has 88 valence electrons. The van der Waals surface area contributed by atoms with Crippen LogP contribution < -0.4 is 0 Å². The van der Waals surface area contributed by atoms with Crippen LogP contribution in [0.3, 0.4) is 0 Å². The molecule has 0 bridgehead atoms. The fourth-order valence-electron chi connectivity index (χ4n) is 1.34. The van der Waals surface area contributed by atoms with Crippen molar-refractivity contribution in [2.45, 2.75) is 16.2 Å². The molecule has 0 aliphatic carbocycles. The molecule has 0 nitrogen and oxygen atoms in total. The maximum atomic E-state index is 2.18. The Kier molecular flexibility index (Phi) is 7.06. The van der Waals surface area contributed by atoms with Crippen molar-refractivity contribution in [1.82, 2.24) is 0 Å². The van der Waals surface area contributed by atoms with E-state index in [1.54, 1.807) is 0 Å². The number of rotatable bonds is 6. The van der Waals surface area contributed by atoms with Gasteiger partial charge in [0.25, 0.3) is 0 Å². The van der Waals surface area contributed by atoms with Gasteiger partial charge in [-0.2, -0.15) is 47.8 Å². The summed E-state index contributed by atoms with van der Waals surface area (Å²) < 4.78 is 0. The Bertz CT molecular complexity index is 315. The summed E-state index contributed by atoms with van der Waals surface area (Å²) in [6, 6.07) is 17.1. The minimum Gasteiger partial charge on any atom is -0.213 e. The van der Waals surface area contributed by atoms with E-state index in [-0.39, 0.29) is 17.1 Å². The van der Waals surface area contributed by atoms with Crippen molar-refractivity contribution in [3.63, 3.8) is 0 Å². The molecule has 0 radical (unpaired) electrons. The van der Waals surface area contributed by atoms with Gasteiger partial charge in [-0.3, -0.25) is 0 Å². The van der Waals surface area contributed by atoms with E-state index in [9.17, 15) is 0 Å². The van der Waals surface area contributed by atoms with E-state index in [1.807, 2.05) is 23.5 Å². The van der Waals surface area contributed by atoms with E-state index < -0.39 is 0 Å². The summed E-state index contributed by atoms with van der Waals surface area (Å²) in [7, 11) is 0. The zero-order chi connectivity index (χ0) is 10.3. The average Bonchev–Trinajstić information content (AvgIpc) is 2.88. The van der Waals surface area contributed by atoms with Crippen LogP contribution in [0.15, 0.2) is 58.3 Å². The second kappa shape index (κ2) is 8.08. The quantitative estimate of drug-likeness (QED) is 0.335. The first-order valence-corrected chi connectivity index (χ1v) is 7.11. The van der Waals surface area contributed by atoms with Gasteiger partial charge in [0.05, 0.1) is 0 Å². The minimum atomic E-state index is 0. The van der Waals surface area contributed by atoms with Crippen molar-refractivity contribution in [2.75, 3.05) is 11.5 Å². The van der Waals surface area contributed by atoms with Crippen molar-refractivity contribution < 1.29 is 17.1 Å². The van der Waals surface area contributed by atoms with Crippen LogP contribution >= 0.6 is 23.5 Å². The van der Waals surface area contributed by atoms with Gasteiger partial charge in [0.2, 0.25) is 0 Å². The Morgan fingerprint density at radius 3 is 1.44 bits per heavy atom. The third-order valence-electron chi connectivity index (χ3n) is 2.09. The van der Waals surface area contributed by atoms with Crippen LogP contribution in [0.25, 0.3) is 0 Å². The Morgan fingerprint density at radius 2 is 1.06 bits per heavy atom. The maximum Gasteiger partial charge on any atom is 0 e. The molecular weight excluding hydrogens is 276 g/mol. The topological polar surface area (TPSA) is 0 Å². The van der Waals surface area contributed by atoms with E-state index >= 15 is 0 Å². The predicted octanol–water partition coefficient (Wildman–Crippen LogP) is 4.40. The normalized spacial score (nSPS) is 10.0. The Balaban J connectivity index is 0.00000128. The summed E-state index contributed by atoms with van der Waals surface area (Å²) in [4.78, 5) is 2.79. The molecule has 0 amide bonds. The van der Waals surface area contributed by atoms with Crippen LogP contribution in [0.5, 0.6) is 0 Å². The van der Waals surface area contributed by atoms with Gasteiger partial charge >= 0.3 is 0 Å². The van der Waals surface area contributed by atoms with Gasteiger partial charge in [0, 0.05) is 17.1 Å². The number of thioether (sulfide) groups is 2. The van der Waals surface area contributed by atoms with Gasteiger partial charge in [-0.1, -0.05) is 0 Å². The molecule has 0 aromatic heterocycles. The van der Waals surface area contributed by atoms with Gasteiger partial charge in [0.15, 0.2) is 0 Å². The van der Waals surface area contributed by atoms with E-state index in [2.05, 4.69) is 48.5 Å². The Hall–Kier alpha value is -0.0805. The third-order valence-corrected chi connectivity index (χ3v) is 4.29. The molecule has 0 saturated carbocycles. The molecule has 0 spiro atoms. The van der Waals surface area contributed by atoms with Crippen molar-refractivity contribution in [3.05, 3.63) is 48.5 Å². The van der Waals surface area contributed by atoms with E-state index in [1.165, 1.54) is 27.7 Å². The molecule has 0 unspecified atom stereocenters. The first-order chi connectivity index (χ1) is 7.45. The first kappa shape index (κ1) is 14.0. The van der Waals surface area contributed by atoms with Gasteiger partial charge in [-0.15, -0.1) is 9.79 Å². The SMILES string of the molecule is [Fe].c1cc[c-](SCCCS[c-]2cccc2)c1. The molecule has 2 aromatic carbocycles. The first-order valence-electron chi connectivity index (χ1n) is 5.14. The molecule has 0 fully saturated rings. The molecule has 2 rings (SSSR count). The van der Waals surface area contributed by atoms with E-state index in [0.29, 0.717) is 0 Å². The standard InChI is InChI=1S/C13H14S2.Fe/c1-2-7-12(6-1)14-10-5-11-15-13-8-3-4-9-13;/h1-4,6-9H,5,10-11H2;/q-2;. The Labute approximate surface area is 116 Å². The molecule has 0 saturated heterocycles. The van der Waals surface area contributed by atoms with Crippen molar-refractivity contribution in [2.24, 2.45) is 0 Å². The zero-order valence-electron chi connectivity index (χ0n) is 8.91. The predicted molar refractivity (Wildman–Crippen MR) is 70.1 cm³/mol. The summed E-state index contributed by atoms with van der Waals surface area (Å²) in [5, 5.41) is 0. The van der Waals surface area contributed by atoms with Gasteiger partial charge < -0.3 is 0 Å². The van der Waals surface area contributed by atoms with Gasteiger partial charge in [0.1, 0.15) is 0 Å². The molecular formula is C13H14FeS2-2. The van der Waals surface area contributed by atoms with Crippen molar-refractivity contribution >= 4 is 23.5 Å². The summed E-state index contributed by atoms with van der Waals surface area (Å²) in [5.74, 6) is 2.44. The molecule has 0 aliphatic heterocycles. The van der Waals surface area contributed by atoms with Crippen LogP contribution in [0.4, 0.5) is 0 Å². The number of hydrogen-bond acceptors (Lipinski definition) is 2. The zero-order valence-corrected chi connectivity index (χ0v) is 11.6. The molecule has 0 N–H and O–H groups in total. The smallest absolute Gasteiger partial charge is 0 e. The summed E-state index contributed by atoms with van der Waals surface area (Å²) in [6.45, 7) is 0. The maximum absolute atomic E-state index is 2.18. The monoisotopic (exact) mass is 290 g/mol. The Morgan fingerprint density at radius 1 is 0.688 bits per heavy atom. The number of hydrogen-bond donors (Lipinski definition) is 0. The molecule has 3 heteroatoms. The average molecular weight is 290 g/mol. The fraction of sp³-hybridized carbons (Fsp3) is 0.231. The largest absolute Gasteiger partial charge is 0.213 e.